The summed E-state index contributed by atoms with van der Waals surface area (Å²) in [6.45, 7) is 0.705. The van der Waals surface area contributed by atoms with E-state index in [1.807, 2.05) is 35.2 Å². The molecule has 0 saturated carbocycles. The number of fused-ring (bicyclic) bond motifs is 1. The normalized spacial score (nSPS) is 19.7. The maximum atomic E-state index is 12.0. The minimum Gasteiger partial charge on any atom is -0.311 e. The molecule has 0 aliphatic carbocycles. The molecule has 1 aliphatic rings. The smallest absolute Gasteiger partial charge is 0.227 e. The van der Waals surface area contributed by atoms with Gasteiger partial charge in [-0.3, -0.25) is 9.78 Å². The number of amides is 1. The van der Waals surface area contributed by atoms with Gasteiger partial charge in [0.1, 0.15) is 0 Å². The van der Waals surface area contributed by atoms with Gasteiger partial charge < -0.3 is 4.90 Å². The number of pyridine rings is 1. The van der Waals surface area contributed by atoms with Crippen LogP contribution in [-0.2, 0) is 4.79 Å². The molecule has 1 fully saturated rings. The molecule has 1 atom stereocenters. The number of rotatable bonds is 2. The second-order valence-electron chi connectivity index (χ2n) is 4.58. The Labute approximate surface area is 110 Å². The number of hydrogen-bond donors (Lipinski definition) is 0. The van der Waals surface area contributed by atoms with Crippen LogP contribution in [0.15, 0.2) is 36.5 Å². The van der Waals surface area contributed by atoms with Crippen molar-refractivity contribution in [2.75, 3.05) is 17.3 Å². The zero-order valence-corrected chi connectivity index (χ0v) is 10.6. The first-order valence-electron chi connectivity index (χ1n) is 5.99. The zero-order chi connectivity index (χ0) is 12.5. The Balaban J connectivity index is 2.07. The molecule has 0 N–H and O–H groups in total. The van der Waals surface area contributed by atoms with Crippen molar-refractivity contribution in [1.82, 2.24) is 4.98 Å². The van der Waals surface area contributed by atoms with E-state index in [9.17, 15) is 4.79 Å². The quantitative estimate of drug-likeness (QED) is 0.778. The maximum absolute atomic E-state index is 12.0. The first kappa shape index (κ1) is 11.5. The van der Waals surface area contributed by atoms with Gasteiger partial charge in [-0.05, 0) is 30.2 Å². The summed E-state index contributed by atoms with van der Waals surface area (Å²) < 4.78 is 0. The fourth-order valence-electron chi connectivity index (χ4n) is 2.44. The van der Waals surface area contributed by atoms with Gasteiger partial charge in [-0.2, -0.15) is 0 Å². The Morgan fingerprint density at radius 2 is 2.22 bits per heavy atom. The third-order valence-corrected chi connectivity index (χ3v) is 3.77. The molecule has 0 radical (unpaired) electrons. The van der Waals surface area contributed by atoms with Gasteiger partial charge in [0.2, 0.25) is 5.91 Å². The van der Waals surface area contributed by atoms with E-state index in [1.54, 1.807) is 6.20 Å². The van der Waals surface area contributed by atoms with Crippen molar-refractivity contribution in [3.05, 3.63) is 36.5 Å². The molecule has 1 aromatic heterocycles. The summed E-state index contributed by atoms with van der Waals surface area (Å²) in [6, 6.07) is 9.76. The molecule has 1 saturated heterocycles. The second-order valence-corrected chi connectivity index (χ2v) is 4.88. The number of carbonyl (C=O) groups is 1. The van der Waals surface area contributed by atoms with Crippen molar-refractivity contribution in [2.24, 2.45) is 5.92 Å². The van der Waals surface area contributed by atoms with Crippen LogP contribution < -0.4 is 4.90 Å². The van der Waals surface area contributed by atoms with Crippen molar-refractivity contribution in [3.8, 4) is 0 Å². The lowest BCUT2D eigenvalue weighted by molar-refractivity contribution is -0.117. The average Bonchev–Trinajstić information content (AvgIpc) is 2.79. The van der Waals surface area contributed by atoms with E-state index in [-0.39, 0.29) is 11.8 Å². The van der Waals surface area contributed by atoms with E-state index >= 15 is 0 Å². The van der Waals surface area contributed by atoms with Crippen molar-refractivity contribution >= 4 is 34.1 Å². The van der Waals surface area contributed by atoms with Crippen LogP contribution in [0.25, 0.3) is 10.9 Å². The number of hydrogen-bond acceptors (Lipinski definition) is 2. The van der Waals surface area contributed by atoms with E-state index in [4.69, 9.17) is 11.6 Å². The summed E-state index contributed by atoms with van der Waals surface area (Å²) >= 11 is 5.85. The largest absolute Gasteiger partial charge is 0.311 e. The molecule has 0 bridgehead atoms. The number of halogens is 1. The van der Waals surface area contributed by atoms with E-state index in [1.165, 1.54) is 0 Å². The third-order valence-electron chi connectivity index (χ3n) is 3.34. The molecule has 1 aliphatic heterocycles. The highest BCUT2D eigenvalue weighted by atomic mass is 35.5. The zero-order valence-electron chi connectivity index (χ0n) is 9.84. The minimum atomic E-state index is 0.150. The Morgan fingerprint density at radius 1 is 1.33 bits per heavy atom. The lowest BCUT2D eigenvalue weighted by Crippen LogP contribution is -2.24. The minimum absolute atomic E-state index is 0.150. The number of nitrogens with zero attached hydrogens (tertiary/aromatic N) is 2. The number of benzene rings is 1. The third kappa shape index (κ3) is 1.85. The van der Waals surface area contributed by atoms with E-state index in [2.05, 4.69) is 4.98 Å². The Morgan fingerprint density at radius 3 is 3.00 bits per heavy atom. The molecule has 92 valence electrons. The summed E-state index contributed by atoms with van der Waals surface area (Å²) in [5.41, 5.74) is 1.86. The molecular weight excluding hydrogens is 248 g/mol. The van der Waals surface area contributed by atoms with Gasteiger partial charge in [0.15, 0.2) is 0 Å². The molecule has 18 heavy (non-hydrogen) atoms. The van der Waals surface area contributed by atoms with Crippen LogP contribution >= 0.6 is 11.6 Å². The van der Waals surface area contributed by atoms with E-state index < -0.39 is 0 Å². The average molecular weight is 261 g/mol. The van der Waals surface area contributed by atoms with Crippen LogP contribution in [0.3, 0.4) is 0 Å². The van der Waals surface area contributed by atoms with Gasteiger partial charge in [-0.15, -0.1) is 11.6 Å². The first-order valence-corrected chi connectivity index (χ1v) is 6.53. The number of aromatic nitrogens is 1. The Kier molecular flexibility index (Phi) is 2.92. The maximum Gasteiger partial charge on any atom is 0.227 e. The van der Waals surface area contributed by atoms with Crippen LogP contribution in [0, 0.1) is 5.92 Å². The summed E-state index contributed by atoms with van der Waals surface area (Å²) in [5, 5.41) is 1.02. The van der Waals surface area contributed by atoms with Crippen LogP contribution in [0.2, 0.25) is 0 Å². The number of alkyl halides is 1. The molecule has 3 rings (SSSR count). The fourth-order valence-corrected chi connectivity index (χ4v) is 2.65. The summed E-state index contributed by atoms with van der Waals surface area (Å²) in [6.07, 6.45) is 2.31. The molecule has 0 spiro atoms. The van der Waals surface area contributed by atoms with Crippen LogP contribution in [0.4, 0.5) is 5.69 Å². The summed E-state index contributed by atoms with van der Waals surface area (Å²) in [7, 11) is 0. The standard InChI is InChI=1S/C14H13ClN2O/c15-8-10-7-14(18)17(9-10)13-5-1-4-12-11(13)3-2-6-16-12/h1-6,10H,7-9H2. The van der Waals surface area contributed by atoms with Crippen LogP contribution in [-0.4, -0.2) is 23.3 Å². The van der Waals surface area contributed by atoms with Gasteiger partial charge in [0, 0.05) is 30.4 Å². The lowest BCUT2D eigenvalue weighted by Gasteiger charge is -2.18. The SMILES string of the molecule is O=C1CC(CCl)CN1c1cccc2ncccc12. The van der Waals surface area contributed by atoms with Crippen molar-refractivity contribution < 1.29 is 4.79 Å². The van der Waals surface area contributed by atoms with E-state index in [0.717, 1.165) is 16.6 Å². The molecule has 4 heteroatoms. The van der Waals surface area contributed by atoms with E-state index in [0.29, 0.717) is 18.8 Å². The lowest BCUT2D eigenvalue weighted by atomic mass is 10.1. The van der Waals surface area contributed by atoms with Crippen molar-refractivity contribution in [1.29, 1.82) is 0 Å². The molecule has 1 aromatic carbocycles. The van der Waals surface area contributed by atoms with Gasteiger partial charge in [-0.1, -0.05) is 6.07 Å². The summed E-state index contributed by atoms with van der Waals surface area (Å²) in [5.74, 6) is 0.939. The molecule has 1 unspecified atom stereocenters. The topological polar surface area (TPSA) is 33.2 Å². The highest BCUT2D eigenvalue weighted by Gasteiger charge is 2.30. The molecule has 1 amide bonds. The molecule has 2 aromatic rings. The highest BCUT2D eigenvalue weighted by Crippen LogP contribution is 2.31. The molecule has 3 nitrogen and oxygen atoms in total. The van der Waals surface area contributed by atoms with Crippen LogP contribution in [0.1, 0.15) is 6.42 Å². The highest BCUT2D eigenvalue weighted by molar-refractivity contribution is 6.18. The van der Waals surface area contributed by atoms with Gasteiger partial charge in [0.05, 0.1) is 11.2 Å². The first-order chi connectivity index (χ1) is 8.79. The molecule has 2 heterocycles. The Hall–Kier alpha value is -1.61. The summed E-state index contributed by atoms with van der Waals surface area (Å²) in [4.78, 5) is 18.2. The van der Waals surface area contributed by atoms with Gasteiger partial charge in [-0.25, -0.2) is 0 Å². The predicted molar refractivity (Wildman–Crippen MR) is 72.9 cm³/mol. The predicted octanol–water partition coefficient (Wildman–Crippen LogP) is 2.83. The van der Waals surface area contributed by atoms with Gasteiger partial charge >= 0.3 is 0 Å². The number of anilines is 1. The fraction of sp³-hybridized carbons (Fsp3) is 0.286. The second kappa shape index (κ2) is 4.58. The Bertz CT molecular complexity index is 594. The van der Waals surface area contributed by atoms with Gasteiger partial charge in [0.25, 0.3) is 0 Å². The van der Waals surface area contributed by atoms with Crippen LogP contribution in [0.5, 0.6) is 0 Å². The van der Waals surface area contributed by atoms with Crippen molar-refractivity contribution in [3.63, 3.8) is 0 Å². The molecular formula is C14H13ClN2O. The monoisotopic (exact) mass is 260 g/mol. The number of carbonyl (C=O) groups excluding carboxylic acids is 1. The van der Waals surface area contributed by atoms with Crippen molar-refractivity contribution in [2.45, 2.75) is 6.42 Å².